The Balaban J connectivity index is 1.51. The third kappa shape index (κ3) is 4.79. The number of carbonyl (C=O) groups is 1. The average Bonchev–Trinajstić information content (AvgIpc) is 3.64. The molecule has 0 spiro atoms. The lowest BCUT2D eigenvalue weighted by Crippen LogP contribution is -2.54. The molecule has 8 nitrogen and oxygen atoms in total. The fraction of sp³-hybridized carbons (Fsp3) is 0.414. The minimum absolute atomic E-state index is 0.104. The molecule has 2 aliphatic rings. The van der Waals surface area contributed by atoms with Crippen LogP contribution in [0.15, 0.2) is 47.0 Å². The van der Waals surface area contributed by atoms with E-state index in [0.29, 0.717) is 32.6 Å². The average molecular weight is 500 g/mol. The molecule has 8 heteroatoms. The standard InChI is InChI=1S/C29H33N5O3/c1-19-4-5-22(27-20(2)32-37-21(27)3)16-26(19)33(14-10-25-17-31-13-15-34(25)28(35)36)24-8-6-23(7-9-24)29(18-30)11-12-29/h4-9,16,25,31H,10-15,17H2,1-3H3,(H,35,36). The van der Waals surface area contributed by atoms with Gasteiger partial charge in [-0.25, -0.2) is 4.79 Å². The quantitative estimate of drug-likeness (QED) is 0.454. The van der Waals surface area contributed by atoms with Crippen LogP contribution in [0.4, 0.5) is 16.2 Å². The van der Waals surface area contributed by atoms with Crippen molar-refractivity contribution in [3.8, 4) is 17.2 Å². The van der Waals surface area contributed by atoms with E-state index in [9.17, 15) is 15.2 Å². The number of nitriles is 1. The highest BCUT2D eigenvalue weighted by molar-refractivity contribution is 5.76. The van der Waals surface area contributed by atoms with Gasteiger partial charge in [0.2, 0.25) is 0 Å². The van der Waals surface area contributed by atoms with E-state index in [1.54, 1.807) is 4.90 Å². The molecule has 3 aromatic rings. The molecule has 1 aliphatic heterocycles. The number of nitrogens with zero attached hydrogens (tertiary/aromatic N) is 4. The van der Waals surface area contributed by atoms with Crippen molar-refractivity contribution in [3.05, 3.63) is 65.0 Å². The first-order chi connectivity index (χ1) is 17.8. The number of hydrogen-bond donors (Lipinski definition) is 2. The van der Waals surface area contributed by atoms with E-state index in [-0.39, 0.29) is 11.5 Å². The van der Waals surface area contributed by atoms with Crippen LogP contribution in [-0.4, -0.2) is 53.5 Å². The van der Waals surface area contributed by atoms with Crippen LogP contribution in [0.2, 0.25) is 0 Å². The molecule has 37 heavy (non-hydrogen) atoms. The predicted octanol–water partition coefficient (Wildman–Crippen LogP) is 5.30. The van der Waals surface area contributed by atoms with Crippen molar-refractivity contribution >= 4 is 17.5 Å². The number of rotatable bonds is 7. The van der Waals surface area contributed by atoms with E-state index in [2.05, 4.69) is 70.8 Å². The molecule has 1 saturated carbocycles. The number of amides is 1. The molecular formula is C29H33N5O3. The lowest BCUT2D eigenvalue weighted by Gasteiger charge is -2.36. The zero-order chi connectivity index (χ0) is 26.2. The molecule has 1 saturated heterocycles. The van der Waals surface area contributed by atoms with Gasteiger partial charge in [-0.1, -0.05) is 29.4 Å². The monoisotopic (exact) mass is 499 g/mol. The minimum Gasteiger partial charge on any atom is -0.465 e. The number of benzene rings is 2. The van der Waals surface area contributed by atoms with Gasteiger partial charge in [0.15, 0.2) is 0 Å². The molecule has 2 fully saturated rings. The molecule has 2 N–H and O–H groups in total. The van der Waals surface area contributed by atoms with Crippen molar-refractivity contribution in [2.45, 2.75) is 51.5 Å². The molecular weight excluding hydrogens is 466 g/mol. The van der Waals surface area contributed by atoms with Gasteiger partial charge < -0.3 is 24.7 Å². The molecule has 1 aromatic heterocycles. The first-order valence-electron chi connectivity index (χ1n) is 12.9. The Bertz CT molecular complexity index is 1320. The third-order valence-electron chi connectivity index (χ3n) is 7.80. The Kier molecular flexibility index (Phi) is 6.65. The van der Waals surface area contributed by atoms with Crippen molar-refractivity contribution in [2.75, 3.05) is 31.1 Å². The predicted molar refractivity (Wildman–Crippen MR) is 142 cm³/mol. The van der Waals surface area contributed by atoms with E-state index >= 15 is 0 Å². The SMILES string of the molecule is Cc1ccc(-c2c(C)noc2C)cc1N(CCC1CNCCN1C(=O)O)c1ccc(C2(C#N)CC2)cc1. The summed E-state index contributed by atoms with van der Waals surface area (Å²) in [4.78, 5) is 15.7. The molecule has 192 valence electrons. The van der Waals surface area contributed by atoms with Crippen LogP contribution in [0.5, 0.6) is 0 Å². The summed E-state index contributed by atoms with van der Waals surface area (Å²) in [6, 6.07) is 17.1. The molecule has 1 atom stereocenters. The van der Waals surface area contributed by atoms with Gasteiger partial charge in [-0.05, 0) is 74.9 Å². The van der Waals surface area contributed by atoms with Crippen LogP contribution in [0.1, 0.15) is 41.8 Å². The summed E-state index contributed by atoms with van der Waals surface area (Å²) in [5.74, 6) is 0.778. The smallest absolute Gasteiger partial charge is 0.407 e. The second-order valence-electron chi connectivity index (χ2n) is 10.2. The van der Waals surface area contributed by atoms with Crippen molar-refractivity contribution in [2.24, 2.45) is 0 Å². The van der Waals surface area contributed by atoms with Crippen LogP contribution in [0.3, 0.4) is 0 Å². The zero-order valence-electron chi connectivity index (χ0n) is 21.6. The van der Waals surface area contributed by atoms with Gasteiger partial charge >= 0.3 is 6.09 Å². The second-order valence-corrected chi connectivity index (χ2v) is 10.2. The summed E-state index contributed by atoms with van der Waals surface area (Å²) in [7, 11) is 0. The van der Waals surface area contributed by atoms with E-state index < -0.39 is 6.09 Å². The summed E-state index contributed by atoms with van der Waals surface area (Å²) >= 11 is 0. The number of nitrogens with one attached hydrogen (secondary N) is 1. The second kappa shape index (κ2) is 9.91. The number of hydrogen-bond acceptors (Lipinski definition) is 6. The molecule has 5 rings (SSSR count). The lowest BCUT2D eigenvalue weighted by atomic mass is 9.97. The Hall–Kier alpha value is -3.83. The summed E-state index contributed by atoms with van der Waals surface area (Å²) in [6.45, 7) is 8.41. The summed E-state index contributed by atoms with van der Waals surface area (Å²) in [5, 5.41) is 26.8. The zero-order valence-corrected chi connectivity index (χ0v) is 21.6. The van der Waals surface area contributed by atoms with E-state index in [1.165, 1.54) is 0 Å². The normalized spacial score (nSPS) is 18.3. The highest BCUT2D eigenvalue weighted by Crippen LogP contribution is 2.48. The number of carboxylic acid groups (broad SMARTS) is 1. The van der Waals surface area contributed by atoms with Gasteiger partial charge in [0.1, 0.15) is 5.76 Å². The van der Waals surface area contributed by atoms with Crippen LogP contribution < -0.4 is 10.2 Å². The highest BCUT2D eigenvalue weighted by atomic mass is 16.5. The Morgan fingerprint density at radius 2 is 2.00 bits per heavy atom. The van der Waals surface area contributed by atoms with Crippen LogP contribution in [-0.2, 0) is 5.41 Å². The Morgan fingerprint density at radius 1 is 1.24 bits per heavy atom. The maximum absolute atomic E-state index is 11.9. The Morgan fingerprint density at radius 3 is 2.62 bits per heavy atom. The summed E-state index contributed by atoms with van der Waals surface area (Å²) in [6.07, 6.45) is 1.62. The van der Waals surface area contributed by atoms with Crippen molar-refractivity contribution in [1.82, 2.24) is 15.4 Å². The van der Waals surface area contributed by atoms with E-state index in [4.69, 9.17) is 4.52 Å². The Labute approximate surface area is 217 Å². The molecule has 1 amide bonds. The summed E-state index contributed by atoms with van der Waals surface area (Å²) in [5.41, 5.74) is 6.79. The molecule has 1 aliphatic carbocycles. The topological polar surface area (TPSA) is 106 Å². The molecule has 2 heterocycles. The number of aryl methyl sites for hydroxylation is 3. The van der Waals surface area contributed by atoms with E-state index in [0.717, 1.165) is 57.9 Å². The van der Waals surface area contributed by atoms with Crippen LogP contribution >= 0.6 is 0 Å². The fourth-order valence-corrected chi connectivity index (χ4v) is 5.44. The van der Waals surface area contributed by atoms with Gasteiger partial charge in [0, 0.05) is 49.2 Å². The van der Waals surface area contributed by atoms with Gasteiger partial charge in [0.05, 0.1) is 17.2 Å². The third-order valence-corrected chi connectivity index (χ3v) is 7.80. The molecule has 1 unspecified atom stereocenters. The number of aromatic nitrogens is 1. The maximum Gasteiger partial charge on any atom is 0.407 e. The maximum atomic E-state index is 11.9. The van der Waals surface area contributed by atoms with Crippen LogP contribution in [0, 0.1) is 32.1 Å². The molecule has 2 aromatic carbocycles. The van der Waals surface area contributed by atoms with Gasteiger partial charge in [-0.15, -0.1) is 0 Å². The molecule has 0 radical (unpaired) electrons. The van der Waals surface area contributed by atoms with Gasteiger partial charge in [0.25, 0.3) is 0 Å². The fourth-order valence-electron chi connectivity index (χ4n) is 5.44. The van der Waals surface area contributed by atoms with Crippen molar-refractivity contribution < 1.29 is 14.4 Å². The molecule has 0 bridgehead atoms. The van der Waals surface area contributed by atoms with Crippen molar-refractivity contribution in [3.63, 3.8) is 0 Å². The van der Waals surface area contributed by atoms with E-state index in [1.807, 2.05) is 13.8 Å². The van der Waals surface area contributed by atoms with Gasteiger partial charge in [-0.3, -0.25) is 0 Å². The highest BCUT2D eigenvalue weighted by Gasteiger charge is 2.44. The first kappa shape index (κ1) is 24.8. The lowest BCUT2D eigenvalue weighted by molar-refractivity contribution is 0.110. The summed E-state index contributed by atoms with van der Waals surface area (Å²) < 4.78 is 5.43. The van der Waals surface area contributed by atoms with Crippen LogP contribution in [0.25, 0.3) is 11.1 Å². The first-order valence-corrected chi connectivity index (χ1v) is 12.9. The van der Waals surface area contributed by atoms with Gasteiger partial charge in [-0.2, -0.15) is 5.26 Å². The largest absolute Gasteiger partial charge is 0.465 e. The van der Waals surface area contributed by atoms with Crippen molar-refractivity contribution in [1.29, 1.82) is 5.26 Å². The minimum atomic E-state index is -0.870. The number of piperazine rings is 1. The number of anilines is 2.